The van der Waals surface area contributed by atoms with Gasteiger partial charge in [0, 0.05) is 24.4 Å². The molecule has 1 heterocycles. The van der Waals surface area contributed by atoms with E-state index in [9.17, 15) is 13.2 Å². The normalized spacial score (nSPS) is 12.9. The lowest BCUT2D eigenvalue weighted by atomic mass is 10.1. The summed E-state index contributed by atoms with van der Waals surface area (Å²) in [6, 6.07) is 7.24. The minimum absolute atomic E-state index is 0.0597. The van der Waals surface area contributed by atoms with E-state index in [1.165, 1.54) is 18.5 Å². The molecule has 1 atom stereocenters. The number of benzene rings is 1. The van der Waals surface area contributed by atoms with E-state index in [1.807, 2.05) is 6.07 Å². The van der Waals surface area contributed by atoms with Crippen molar-refractivity contribution >= 4 is 21.7 Å². The summed E-state index contributed by atoms with van der Waals surface area (Å²) in [5, 5.41) is 5.85. The van der Waals surface area contributed by atoms with Crippen LogP contribution in [0, 0.1) is 0 Å². The van der Waals surface area contributed by atoms with Crippen LogP contribution in [0.5, 0.6) is 0 Å². The number of carbonyl (C=O) groups is 1. The van der Waals surface area contributed by atoms with Gasteiger partial charge in [-0.2, -0.15) is 13.5 Å². The maximum absolute atomic E-state index is 11.1. The molecule has 0 saturated carbocycles. The second kappa shape index (κ2) is 6.29. The van der Waals surface area contributed by atoms with E-state index in [1.54, 1.807) is 30.6 Å². The molecule has 2 N–H and O–H groups in total. The molecule has 1 aromatic heterocycles. The molecule has 0 radical (unpaired) electrons. The van der Waals surface area contributed by atoms with Crippen LogP contribution in [0.25, 0.3) is 11.1 Å². The first kappa shape index (κ1) is 16.2. The van der Waals surface area contributed by atoms with Gasteiger partial charge in [0.05, 0.1) is 12.7 Å². The summed E-state index contributed by atoms with van der Waals surface area (Å²) < 4.78 is 32.5. The summed E-state index contributed by atoms with van der Waals surface area (Å²) in [4.78, 5) is 11.1. The Morgan fingerprint density at radius 3 is 2.77 bits per heavy atom. The van der Waals surface area contributed by atoms with Gasteiger partial charge in [-0.05, 0) is 24.6 Å². The van der Waals surface area contributed by atoms with E-state index in [0.29, 0.717) is 5.69 Å². The quantitative estimate of drug-likeness (QED) is 0.817. The van der Waals surface area contributed by atoms with Gasteiger partial charge in [-0.15, -0.1) is 0 Å². The molecule has 0 bridgehead atoms. The van der Waals surface area contributed by atoms with Crippen LogP contribution in [0.4, 0.5) is 5.69 Å². The molecule has 22 heavy (non-hydrogen) atoms. The molecule has 1 amide bonds. The Bertz CT molecular complexity index is 783. The first-order valence-corrected chi connectivity index (χ1v) is 8.13. The van der Waals surface area contributed by atoms with Gasteiger partial charge < -0.3 is 5.32 Å². The van der Waals surface area contributed by atoms with Crippen molar-refractivity contribution in [2.45, 2.75) is 25.6 Å². The SMILES string of the molecule is CC(=O)Nc1cccc(-c2cnn(CC(C)S(=O)(=O)O)c2)c1. The predicted octanol–water partition coefficient (Wildman–Crippen LogP) is 1.78. The molecule has 1 unspecified atom stereocenters. The number of nitrogens with zero attached hydrogens (tertiary/aromatic N) is 2. The monoisotopic (exact) mass is 323 g/mol. The largest absolute Gasteiger partial charge is 0.326 e. The van der Waals surface area contributed by atoms with Crippen molar-refractivity contribution in [3.63, 3.8) is 0 Å². The van der Waals surface area contributed by atoms with Crippen molar-refractivity contribution < 1.29 is 17.8 Å². The van der Waals surface area contributed by atoms with Crippen LogP contribution in [0.15, 0.2) is 36.7 Å². The smallest absolute Gasteiger partial charge is 0.269 e. The maximum atomic E-state index is 11.1. The number of amides is 1. The number of carbonyl (C=O) groups excluding carboxylic acids is 1. The van der Waals surface area contributed by atoms with Crippen molar-refractivity contribution in [2.75, 3.05) is 5.32 Å². The molecule has 0 aliphatic carbocycles. The summed E-state index contributed by atoms with van der Waals surface area (Å²) in [6.07, 6.45) is 3.29. The van der Waals surface area contributed by atoms with E-state index in [-0.39, 0.29) is 12.5 Å². The molecule has 1 aromatic carbocycles. The maximum Gasteiger partial charge on any atom is 0.269 e. The summed E-state index contributed by atoms with van der Waals surface area (Å²) in [5.41, 5.74) is 2.30. The number of aromatic nitrogens is 2. The fourth-order valence-electron chi connectivity index (χ4n) is 1.95. The molecular weight excluding hydrogens is 306 g/mol. The van der Waals surface area contributed by atoms with Crippen molar-refractivity contribution in [2.24, 2.45) is 0 Å². The standard InChI is InChI=1S/C14H17N3O4S/c1-10(22(19,20)21)8-17-9-13(7-15-17)12-4-3-5-14(6-12)16-11(2)18/h3-7,9-10H,8H2,1-2H3,(H,16,18)(H,19,20,21). The highest BCUT2D eigenvalue weighted by molar-refractivity contribution is 7.86. The second-order valence-corrected chi connectivity index (χ2v) is 6.87. The Balaban J connectivity index is 2.19. The molecule has 0 saturated heterocycles. The summed E-state index contributed by atoms with van der Waals surface area (Å²) in [6.45, 7) is 2.90. The molecule has 0 fully saturated rings. The van der Waals surface area contributed by atoms with Gasteiger partial charge in [-0.3, -0.25) is 14.0 Å². The van der Waals surface area contributed by atoms with Gasteiger partial charge in [-0.25, -0.2) is 0 Å². The topological polar surface area (TPSA) is 101 Å². The molecule has 7 nitrogen and oxygen atoms in total. The first-order valence-electron chi connectivity index (χ1n) is 6.62. The Morgan fingerprint density at radius 1 is 1.41 bits per heavy atom. The third-order valence-corrected chi connectivity index (χ3v) is 4.27. The zero-order valence-corrected chi connectivity index (χ0v) is 13.0. The van der Waals surface area contributed by atoms with Crippen LogP contribution in [0.3, 0.4) is 0 Å². The van der Waals surface area contributed by atoms with Gasteiger partial charge in [0.2, 0.25) is 5.91 Å². The lowest BCUT2D eigenvalue weighted by molar-refractivity contribution is -0.114. The Hall–Kier alpha value is -2.19. The number of hydrogen-bond donors (Lipinski definition) is 2. The fraction of sp³-hybridized carbons (Fsp3) is 0.286. The zero-order valence-electron chi connectivity index (χ0n) is 12.2. The number of anilines is 1. The van der Waals surface area contributed by atoms with Crippen molar-refractivity contribution in [1.29, 1.82) is 0 Å². The first-order chi connectivity index (χ1) is 10.3. The van der Waals surface area contributed by atoms with Crippen molar-refractivity contribution in [3.05, 3.63) is 36.7 Å². The van der Waals surface area contributed by atoms with Gasteiger partial charge in [-0.1, -0.05) is 12.1 Å². The van der Waals surface area contributed by atoms with Crippen molar-refractivity contribution in [3.8, 4) is 11.1 Å². The fourth-order valence-corrected chi connectivity index (χ4v) is 2.29. The molecule has 2 aromatic rings. The van der Waals surface area contributed by atoms with E-state index in [4.69, 9.17) is 4.55 Å². The predicted molar refractivity (Wildman–Crippen MR) is 83.0 cm³/mol. The van der Waals surface area contributed by atoms with Gasteiger partial charge >= 0.3 is 0 Å². The van der Waals surface area contributed by atoms with Crippen molar-refractivity contribution in [1.82, 2.24) is 9.78 Å². The highest BCUT2D eigenvalue weighted by Gasteiger charge is 2.18. The third kappa shape index (κ3) is 4.15. The molecule has 8 heteroatoms. The lowest BCUT2D eigenvalue weighted by Gasteiger charge is -2.07. The van der Waals surface area contributed by atoms with Crippen LogP contribution in [0.1, 0.15) is 13.8 Å². The van der Waals surface area contributed by atoms with Crippen LogP contribution >= 0.6 is 0 Å². The third-order valence-electron chi connectivity index (χ3n) is 3.10. The van der Waals surface area contributed by atoms with Gasteiger partial charge in [0.25, 0.3) is 10.1 Å². The average molecular weight is 323 g/mol. The minimum Gasteiger partial charge on any atom is -0.326 e. The second-order valence-electron chi connectivity index (χ2n) is 5.04. The highest BCUT2D eigenvalue weighted by atomic mass is 32.2. The lowest BCUT2D eigenvalue weighted by Crippen LogP contribution is -2.22. The molecule has 118 valence electrons. The number of hydrogen-bond acceptors (Lipinski definition) is 4. The van der Waals surface area contributed by atoms with Crippen LogP contribution in [-0.2, 0) is 21.5 Å². The van der Waals surface area contributed by atoms with Gasteiger partial charge in [0.1, 0.15) is 5.25 Å². The summed E-state index contributed by atoms with van der Waals surface area (Å²) in [5.74, 6) is -0.158. The summed E-state index contributed by atoms with van der Waals surface area (Å²) in [7, 11) is -4.08. The van der Waals surface area contributed by atoms with E-state index < -0.39 is 15.4 Å². The summed E-state index contributed by atoms with van der Waals surface area (Å²) >= 11 is 0. The Labute approximate surface area is 128 Å². The molecule has 0 aliphatic heterocycles. The van der Waals surface area contributed by atoms with E-state index >= 15 is 0 Å². The number of rotatable bonds is 5. The molecule has 2 rings (SSSR count). The molecule has 0 spiro atoms. The molecule has 0 aliphatic rings. The van der Waals surface area contributed by atoms with E-state index in [2.05, 4.69) is 10.4 Å². The Kier molecular flexibility index (Phi) is 4.62. The average Bonchev–Trinajstić information content (AvgIpc) is 2.85. The molecular formula is C14H17N3O4S. The van der Waals surface area contributed by atoms with Crippen LogP contribution < -0.4 is 5.32 Å². The minimum atomic E-state index is -4.08. The zero-order chi connectivity index (χ0) is 16.3. The van der Waals surface area contributed by atoms with E-state index in [0.717, 1.165) is 11.1 Å². The van der Waals surface area contributed by atoms with Gasteiger partial charge in [0.15, 0.2) is 0 Å². The highest BCUT2D eigenvalue weighted by Crippen LogP contribution is 2.22. The Morgan fingerprint density at radius 2 is 2.14 bits per heavy atom. The van der Waals surface area contributed by atoms with Crippen LogP contribution in [0.2, 0.25) is 0 Å². The number of nitrogens with one attached hydrogen (secondary N) is 1. The van der Waals surface area contributed by atoms with Crippen LogP contribution in [-0.4, -0.2) is 33.9 Å².